The Kier molecular flexibility index (Phi) is 1.89. The van der Waals surface area contributed by atoms with Gasteiger partial charge in [-0.15, -0.1) is 0 Å². The van der Waals surface area contributed by atoms with Crippen molar-refractivity contribution in [2.45, 2.75) is 40.5 Å². The minimum absolute atomic E-state index is 0.541. The summed E-state index contributed by atoms with van der Waals surface area (Å²) < 4.78 is 0. The molecule has 0 aromatic heterocycles. The highest BCUT2D eigenvalue weighted by Gasteiger charge is 2.28. The maximum absolute atomic E-state index is 2.38. The molecule has 0 aromatic rings. The van der Waals surface area contributed by atoms with Gasteiger partial charge in [0.05, 0.1) is 0 Å². The normalized spacial score (nSPS) is 31.6. The predicted octanol–water partition coefficient (Wildman–Crippen LogP) is 3.39. The summed E-state index contributed by atoms with van der Waals surface area (Å²) >= 11 is 0. The first-order chi connectivity index (χ1) is 4.54. The summed E-state index contributed by atoms with van der Waals surface area (Å²) in [5.74, 6) is 0.779. The average molecular weight is 138 g/mol. The first-order valence-corrected chi connectivity index (χ1v) is 4.21. The van der Waals surface area contributed by atoms with Crippen LogP contribution in [0.1, 0.15) is 40.5 Å². The highest BCUT2D eigenvalue weighted by molar-refractivity contribution is 5.10. The molecule has 0 saturated carbocycles. The van der Waals surface area contributed by atoms with Crippen LogP contribution in [0, 0.1) is 11.3 Å². The number of rotatable bonds is 0. The molecule has 0 radical (unpaired) electrons. The van der Waals surface area contributed by atoms with Crippen molar-refractivity contribution >= 4 is 0 Å². The maximum atomic E-state index is 2.38. The molecular weight excluding hydrogens is 120 g/mol. The molecule has 0 unspecified atom stereocenters. The molecule has 0 aliphatic heterocycles. The molecule has 58 valence electrons. The molecule has 0 heterocycles. The summed E-state index contributed by atoms with van der Waals surface area (Å²) in [6.07, 6.45) is 5.02. The van der Waals surface area contributed by atoms with E-state index in [0.29, 0.717) is 5.41 Å². The molecule has 1 rings (SSSR count). The van der Waals surface area contributed by atoms with Crippen LogP contribution < -0.4 is 0 Å². The van der Waals surface area contributed by atoms with E-state index in [1.165, 1.54) is 12.8 Å². The van der Waals surface area contributed by atoms with Crippen LogP contribution in [0.5, 0.6) is 0 Å². The van der Waals surface area contributed by atoms with Crippen molar-refractivity contribution in [1.29, 1.82) is 0 Å². The quantitative estimate of drug-likeness (QED) is 0.450. The zero-order valence-electron chi connectivity index (χ0n) is 7.57. The molecule has 0 nitrogen and oxygen atoms in total. The van der Waals surface area contributed by atoms with Crippen LogP contribution >= 0.6 is 0 Å². The van der Waals surface area contributed by atoms with Gasteiger partial charge < -0.3 is 0 Å². The SMILES string of the molecule is CC1=CCCC(C)(C)[C@H]1C. The van der Waals surface area contributed by atoms with E-state index in [4.69, 9.17) is 0 Å². The fourth-order valence-electron chi connectivity index (χ4n) is 1.68. The standard InChI is InChI=1S/C10H18/c1-8-6-5-7-10(3,4)9(8)2/h6,9H,5,7H2,1-4H3/t9-/m0/s1. The van der Waals surface area contributed by atoms with Gasteiger partial charge in [0.1, 0.15) is 0 Å². The van der Waals surface area contributed by atoms with Gasteiger partial charge >= 0.3 is 0 Å². The molecule has 0 fully saturated rings. The number of allylic oxidation sites excluding steroid dienone is 2. The molecule has 0 bridgehead atoms. The summed E-state index contributed by atoms with van der Waals surface area (Å²) in [6, 6.07) is 0. The van der Waals surface area contributed by atoms with E-state index in [9.17, 15) is 0 Å². The predicted molar refractivity (Wildman–Crippen MR) is 45.9 cm³/mol. The molecule has 1 aliphatic rings. The third-order valence-corrected chi connectivity index (χ3v) is 3.11. The Labute approximate surface area is 64.3 Å². The Balaban J connectivity index is 2.78. The average Bonchev–Trinajstić information content (AvgIpc) is 1.83. The first kappa shape index (κ1) is 7.84. The van der Waals surface area contributed by atoms with Crippen LogP contribution in [0.4, 0.5) is 0 Å². The van der Waals surface area contributed by atoms with Crippen molar-refractivity contribution < 1.29 is 0 Å². The lowest BCUT2D eigenvalue weighted by atomic mass is 9.70. The van der Waals surface area contributed by atoms with Crippen molar-refractivity contribution in [3.63, 3.8) is 0 Å². The van der Waals surface area contributed by atoms with Gasteiger partial charge in [0.2, 0.25) is 0 Å². The van der Waals surface area contributed by atoms with E-state index in [1.54, 1.807) is 5.57 Å². The second-order valence-electron chi connectivity index (χ2n) is 4.20. The fraction of sp³-hybridized carbons (Fsp3) is 0.800. The van der Waals surface area contributed by atoms with E-state index in [0.717, 1.165) is 5.92 Å². The summed E-state index contributed by atoms with van der Waals surface area (Å²) in [7, 11) is 0. The van der Waals surface area contributed by atoms with Gasteiger partial charge in [-0.25, -0.2) is 0 Å². The molecule has 0 amide bonds. The Morgan fingerprint density at radius 3 is 2.50 bits per heavy atom. The second kappa shape index (κ2) is 2.41. The van der Waals surface area contributed by atoms with Crippen molar-refractivity contribution in [1.82, 2.24) is 0 Å². The fourth-order valence-corrected chi connectivity index (χ4v) is 1.68. The smallest absolute Gasteiger partial charge is 0.0183 e. The van der Waals surface area contributed by atoms with Crippen LogP contribution in [-0.2, 0) is 0 Å². The van der Waals surface area contributed by atoms with Gasteiger partial charge in [-0.3, -0.25) is 0 Å². The summed E-state index contributed by atoms with van der Waals surface area (Å²) in [5.41, 5.74) is 2.12. The van der Waals surface area contributed by atoms with Gasteiger partial charge in [0.25, 0.3) is 0 Å². The summed E-state index contributed by atoms with van der Waals surface area (Å²) in [6.45, 7) is 9.33. The third kappa shape index (κ3) is 1.25. The van der Waals surface area contributed by atoms with Crippen LogP contribution in [0.3, 0.4) is 0 Å². The van der Waals surface area contributed by atoms with Gasteiger partial charge in [-0.2, -0.15) is 0 Å². The van der Waals surface area contributed by atoms with E-state index in [1.807, 2.05) is 0 Å². The first-order valence-electron chi connectivity index (χ1n) is 4.21. The molecule has 0 aromatic carbocycles. The molecule has 0 spiro atoms. The lowest BCUT2D eigenvalue weighted by molar-refractivity contribution is 0.231. The van der Waals surface area contributed by atoms with E-state index >= 15 is 0 Å². The van der Waals surface area contributed by atoms with Crippen LogP contribution in [-0.4, -0.2) is 0 Å². The van der Waals surface area contributed by atoms with E-state index < -0.39 is 0 Å². The van der Waals surface area contributed by atoms with Crippen LogP contribution in [0.25, 0.3) is 0 Å². The molecule has 10 heavy (non-hydrogen) atoms. The molecule has 1 aliphatic carbocycles. The Hall–Kier alpha value is -0.260. The Morgan fingerprint density at radius 2 is 2.10 bits per heavy atom. The van der Waals surface area contributed by atoms with Gasteiger partial charge in [0, 0.05) is 0 Å². The second-order valence-corrected chi connectivity index (χ2v) is 4.20. The zero-order valence-corrected chi connectivity index (χ0v) is 7.57. The van der Waals surface area contributed by atoms with Crippen LogP contribution in [0.2, 0.25) is 0 Å². The molecule has 0 heteroatoms. The van der Waals surface area contributed by atoms with Crippen molar-refractivity contribution in [3.8, 4) is 0 Å². The summed E-state index contributed by atoms with van der Waals surface area (Å²) in [5, 5.41) is 0. The number of hydrogen-bond acceptors (Lipinski definition) is 0. The molecule has 0 saturated heterocycles. The summed E-state index contributed by atoms with van der Waals surface area (Å²) in [4.78, 5) is 0. The van der Waals surface area contributed by atoms with Gasteiger partial charge in [0.15, 0.2) is 0 Å². The molecule has 0 N–H and O–H groups in total. The maximum Gasteiger partial charge on any atom is -0.0183 e. The molecular formula is C10H18. The zero-order chi connectivity index (χ0) is 7.78. The largest absolute Gasteiger partial charge is 0.0853 e. The monoisotopic (exact) mass is 138 g/mol. The minimum Gasteiger partial charge on any atom is -0.0853 e. The lowest BCUT2D eigenvalue weighted by Crippen LogP contribution is -2.25. The van der Waals surface area contributed by atoms with E-state index in [-0.39, 0.29) is 0 Å². The molecule has 1 atom stereocenters. The third-order valence-electron chi connectivity index (χ3n) is 3.11. The minimum atomic E-state index is 0.541. The van der Waals surface area contributed by atoms with Crippen molar-refractivity contribution in [3.05, 3.63) is 11.6 Å². The lowest BCUT2D eigenvalue weighted by Gasteiger charge is -2.35. The number of hydrogen-bond donors (Lipinski definition) is 0. The van der Waals surface area contributed by atoms with Gasteiger partial charge in [-0.1, -0.05) is 32.4 Å². The topological polar surface area (TPSA) is 0 Å². The highest BCUT2D eigenvalue weighted by Crippen LogP contribution is 2.39. The Bertz CT molecular complexity index is 151. The van der Waals surface area contributed by atoms with Crippen molar-refractivity contribution in [2.24, 2.45) is 11.3 Å². The van der Waals surface area contributed by atoms with E-state index in [2.05, 4.69) is 33.8 Å². The Morgan fingerprint density at radius 1 is 1.50 bits per heavy atom. The highest BCUT2D eigenvalue weighted by atomic mass is 14.3. The van der Waals surface area contributed by atoms with Gasteiger partial charge in [-0.05, 0) is 31.1 Å². The van der Waals surface area contributed by atoms with Crippen molar-refractivity contribution in [2.75, 3.05) is 0 Å². The van der Waals surface area contributed by atoms with Crippen LogP contribution in [0.15, 0.2) is 11.6 Å².